The number of rotatable bonds is 12. The molecule has 4 saturated heterocycles. The minimum absolute atomic E-state index is 0.0244. The summed E-state index contributed by atoms with van der Waals surface area (Å²) in [5.74, 6) is 5.50. The molecule has 16 rings (SSSR count). The lowest BCUT2D eigenvalue weighted by atomic mass is 9.74. The van der Waals surface area contributed by atoms with E-state index in [-0.39, 0.29) is 27.8 Å². The standard InChI is InChI=1S/C23H26N2O2.C22H24N2O2.C20H20F3NO.C19H19Cl2NO/c1-17(2)27-21-8-7-18(13-19(21)14-24)15-25-11-9-23(10-12-25)16-26-22-6-4-3-5-20(22)23;1-2-25-20-8-7-17(13-18(20)14-23)15-24-11-9-22(10-12-24)16-26-21-6-4-3-5-19(21)22;21-20(22,23)16-6-2-1-5-15(16)13-24-11-9-19(10-12-24)14-25-18-8-4-3-7-17(18)19;20-16-6-5-14(11-17(16)21)12-22-9-7-19(8-10-22)13-23-18-4-2-1-3-15(18)19/h3-8,13,17H,9-12,15-16H2,1-2H3;3-8,13H,2,9-12,15-16H2,1H3;1-8H,9-14H2;1-6,11H,7-10,12-13H2. The van der Waals surface area contributed by atoms with E-state index in [1.54, 1.807) is 12.1 Å². The van der Waals surface area contributed by atoms with Crippen LogP contribution in [0.3, 0.4) is 0 Å². The Hall–Kier alpha value is -8.25. The van der Waals surface area contributed by atoms with Gasteiger partial charge in [0.1, 0.15) is 46.6 Å². The number of para-hydroxylation sites is 4. The third-order valence-electron chi connectivity index (χ3n) is 22.0. The molecule has 0 bridgehead atoms. The quantitative estimate of drug-likeness (QED) is 0.116. The second-order valence-electron chi connectivity index (χ2n) is 28.8. The molecule has 0 radical (unpaired) electrons. The SMILES string of the molecule is CC(C)Oc1ccc(CN2CCC3(CC2)COc2ccccc23)cc1C#N.CCOc1ccc(CN2CCC3(CC2)COc2ccccc23)cc1C#N.Clc1ccc(CN2CCC3(CC2)COc2ccccc23)cc1Cl.FC(F)(F)c1ccccc1CN1CCC2(CC1)COc1ccccc12. The number of fused-ring (bicyclic) bond motifs is 8. The third-order valence-corrected chi connectivity index (χ3v) is 22.8. The van der Waals surface area contributed by atoms with Gasteiger partial charge in [0, 0.05) is 70.1 Å². The molecular formula is C84H89Cl2F3N6O6. The van der Waals surface area contributed by atoms with Crippen LogP contribution < -0.4 is 28.4 Å². The zero-order chi connectivity index (χ0) is 70.2. The average molecular weight is 1410 g/mol. The van der Waals surface area contributed by atoms with Gasteiger partial charge in [0.15, 0.2) is 0 Å². The van der Waals surface area contributed by atoms with Crippen LogP contribution in [0, 0.1) is 22.7 Å². The largest absolute Gasteiger partial charge is 0.492 e. The molecule has 526 valence electrons. The number of alkyl halides is 3. The van der Waals surface area contributed by atoms with Crippen LogP contribution in [-0.2, 0) is 54.0 Å². The molecule has 0 N–H and O–H groups in total. The van der Waals surface area contributed by atoms with Crippen LogP contribution in [0.1, 0.15) is 133 Å². The van der Waals surface area contributed by atoms with Gasteiger partial charge in [-0.1, -0.05) is 132 Å². The van der Waals surface area contributed by atoms with E-state index in [0.717, 1.165) is 166 Å². The Morgan fingerprint density at radius 1 is 0.436 bits per heavy atom. The van der Waals surface area contributed by atoms with E-state index in [2.05, 4.69) is 117 Å². The number of nitrogens with zero attached hydrogens (tertiary/aromatic N) is 6. The molecule has 17 heteroatoms. The number of hydrogen-bond donors (Lipinski definition) is 0. The number of halogens is 5. The summed E-state index contributed by atoms with van der Waals surface area (Å²) in [5, 5.41) is 20.0. The highest BCUT2D eigenvalue weighted by atomic mass is 35.5. The fourth-order valence-corrected chi connectivity index (χ4v) is 16.6. The fraction of sp³-hybridized carbons (Fsp3) is 0.405. The van der Waals surface area contributed by atoms with Gasteiger partial charge in [-0.3, -0.25) is 19.6 Å². The van der Waals surface area contributed by atoms with Crippen LogP contribution in [0.15, 0.2) is 176 Å². The minimum atomic E-state index is -4.30. The molecule has 8 aliphatic rings. The van der Waals surface area contributed by atoms with Crippen molar-refractivity contribution >= 4 is 23.2 Å². The smallest absolute Gasteiger partial charge is 0.416 e. The van der Waals surface area contributed by atoms with E-state index in [9.17, 15) is 23.7 Å². The molecule has 8 aromatic rings. The Balaban J connectivity index is 0.000000121. The molecule has 8 aromatic carbocycles. The Bertz CT molecular complexity index is 4270. The molecule has 8 aliphatic heterocycles. The molecule has 0 atom stereocenters. The highest BCUT2D eigenvalue weighted by Crippen LogP contribution is 2.50. The van der Waals surface area contributed by atoms with Crippen molar-refractivity contribution in [2.75, 3.05) is 85.4 Å². The summed E-state index contributed by atoms with van der Waals surface area (Å²) in [5.41, 5.74) is 10.6. The number of benzene rings is 8. The molecule has 4 fully saturated rings. The number of likely N-dealkylation sites (tertiary alicyclic amines) is 4. The average Bonchev–Trinajstić information content (AvgIpc) is 1.66. The van der Waals surface area contributed by atoms with Gasteiger partial charge in [-0.15, -0.1) is 0 Å². The molecule has 4 spiro atoms. The van der Waals surface area contributed by atoms with E-state index < -0.39 is 11.7 Å². The first kappa shape index (κ1) is 71.2. The zero-order valence-electron chi connectivity index (χ0n) is 58.0. The van der Waals surface area contributed by atoms with Gasteiger partial charge in [-0.25, -0.2) is 0 Å². The van der Waals surface area contributed by atoms with E-state index >= 15 is 0 Å². The van der Waals surface area contributed by atoms with Gasteiger partial charge in [0.05, 0.1) is 65.9 Å². The lowest BCUT2D eigenvalue weighted by Crippen LogP contribution is -2.43. The van der Waals surface area contributed by atoms with E-state index in [1.807, 2.05) is 87.5 Å². The van der Waals surface area contributed by atoms with Crippen molar-refractivity contribution in [1.29, 1.82) is 10.5 Å². The van der Waals surface area contributed by atoms with E-state index in [1.165, 1.54) is 51.1 Å². The van der Waals surface area contributed by atoms with Gasteiger partial charge >= 0.3 is 6.18 Å². The van der Waals surface area contributed by atoms with Crippen molar-refractivity contribution in [2.24, 2.45) is 0 Å². The summed E-state index contributed by atoms with van der Waals surface area (Å²) >= 11 is 12.1. The van der Waals surface area contributed by atoms with E-state index in [0.29, 0.717) is 58.0 Å². The van der Waals surface area contributed by atoms with Crippen LogP contribution in [0.5, 0.6) is 34.5 Å². The Labute approximate surface area is 603 Å². The highest BCUT2D eigenvalue weighted by molar-refractivity contribution is 6.42. The van der Waals surface area contributed by atoms with Crippen LogP contribution in [-0.4, -0.2) is 111 Å². The second-order valence-corrected chi connectivity index (χ2v) is 29.6. The Morgan fingerprint density at radius 3 is 1.14 bits per heavy atom. The number of nitriles is 2. The molecular weight excluding hydrogens is 1320 g/mol. The molecule has 12 nitrogen and oxygen atoms in total. The number of ether oxygens (including phenoxy) is 6. The third kappa shape index (κ3) is 16.0. The molecule has 0 aromatic heterocycles. The number of hydrogen-bond acceptors (Lipinski definition) is 12. The van der Waals surface area contributed by atoms with Crippen LogP contribution in [0.25, 0.3) is 0 Å². The molecule has 0 amide bonds. The maximum absolute atomic E-state index is 13.2. The molecule has 0 saturated carbocycles. The summed E-state index contributed by atoms with van der Waals surface area (Å²) in [6.45, 7) is 20.5. The van der Waals surface area contributed by atoms with Gasteiger partial charge in [0.25, 0.3) is 0 Å². The predicted octanol–water partition coefficient (Wildman–Crippen LogP) is 17.7. The number of piperidine rings is 4. The van der Waals surface area contributed by atoms with Gasteiger partial charge < -0.3 is 28.4 Å². The van der Waals surface area contributed by atoms with Crippen LogP contribution in [0.4, 0.5) is 13.2 Å². The van der Waals surface area contributed by atoms with Crippen LogP contribution >= 0.6 is 23.2 Å². The van der Waals surface area contributed by atoms with E-state index in [4.69, 9.17) is 51.6 Å². The van der Waals surface area contributed by atoms with Crippen molar-refractivity contribution in [1.82, 2.24) is 19.6 Å². The molecule has 0 unspecified atom stereocenters. The van der Waals surface area contributed by atoms with Crippen molar-refractivity contribution in [3.05, 3.63) is 247 Å². The Morgan fingerprint density at radius 2 is 0.772 bits per heavy atom. The lowest BCUT2D eigenvalue weighted by Gasteiger charge is -2.38. The lowest BCUT2D eigenvalue weighted by molar-refractivity contribution is -0.138. The van der Waals surface area contributed by atoms with Crippen molar-refractivity contribution in [2.45, 2.75) is 132 Å². The minimum Gasteiger partial charge on any atom is -0.492 e. The molecule has 8 heterocycles. The highest BCUT2D eigenvalue weighted by Gasteiger charge is 2.47. The van der Waals surface area contributed by atoms with Gasteiger partial charge in [-0.05, 0) is 213 Å². The normalized spacial score (nSPS) is 18.8. The Kier molecular flexibility index (Phi) is 21.9. The fourth-order valence-electron chi connectivity index (χ4n) is 16.3. The van der Waals surface area contributed by atoms with Crippen molar-refractivity contribution in [3.63, 3.8) is 0 Å². The topological polar surface area (TPSA) is 116 Å². The van der Waals surface area contributed by atoms with Gasteiger partial charge in [-0.2, -0.15) is 23.7 Å². The van der Waals surface area contributed by atoms with Crippen molar-refractivity contribution < 1.29 is 41.6 Å². The first-order chi connectivity index (χ1) is 49.0. The second kappa shape index (κ2) is 31.1. The zero-order valence-corrected chi connectivity index (χ0v) is 59.5. The maximum Gasteiger partial charge on any atom is 0.416 e. The summed E-state index contributed by atoms with van der Waals surface area (Å²) in [6.07, 6.45) is 4.35. The summed E-state index contributed by atoms with van der Waals surface area (Å²) in [6, 6.07) is 61.8. The molecule has 101 heavy (non-hydrogen) atoms. The van der Waals surface area contributed by atoms with Crippen LogP contribution in [0.2, 0.25) is 10.0 Å². The first-order valence-electron chi connectivity index (χ1n) is 35.7. The molecule has 0 aliphatic carbocycles. The van der Waals surface area contributed by atoms with Gasteiger partial charge in [0.2, 0.25) is 0 Å². The first-order valence-corrected chi connectivity index (χ1v) is 36.5. The maximum atomic E-state index is 13.2. The summed E-state index contributed by atoms with van der Waals surface area (Å²) < 4.78 is 74.4. The monoisotopic (exact) mass is 1400 g/mol. The van der Waals surface area contributed by atoms with Crippen molar-refractivity contribution in [3.8, 4) is 46.6 Å². The summed E-state index contributed by atoms with van der Waals surface area (Å²) in [4.78, 5) is 9.57. The summed E-state index contributed by atoms with van der Waals surface area (Å²) in [7, 11) is 0. The predicted molar refractivity (Wildman–Crippen MR) is 390 cm³/mol.